The summed E-state index contributed by atoms with van der Waals surface area (Å²) in [6, 6.07) is 7.07. The van der Waals surface area contributed by atoms with Gasteiger partial charge in [0.05, 0.1) is 28.4 Å². The van der Waals surface area contributed by atoms with E-state index in [-0.39, 0.29) is 42.1 Å². The number of pyridine rings is 1. The van der Waals surface area contributed by atoms with Crippen LogP contribution in [0.1, 0.15) is 47.5 Å². The number of fused-ring (bicyclic) bond motifs is 1. The number of nitrogens with one attached hydrogen (secondary N) is 1. The van der Waals surface area contributed by atoms with Crippen LogP contribution >= 0.6 is 22.9 Å². The number of carbonyl (C=O) groups is 3. The highest BCUT2D eigenvalue weighted by Crippen LogP contribution is 2.42. The first-order valence-corrected chi connectivity index (χ1v) is 13.0. The van der Waals surface area contributed by atoms with Crippen molar-refractivity contribution >= 4 is 40.4 Å². The summed E-state index contributed by atoms with van der Waals surface area (Å²) >= 11 is 7.91. The van der Waals surface area contributed by atoms with Crippen molar-refractivity contribution in [3.8, 4) is 10.4 Å². The quantitative estimate of drug-likeness (QED) is 0.610. The first-order valence-electron chi connectivity index (χ1n) is 11.8. The summed E-state index contributed by atoms with van der Waals surface area (Å²) in [6.07, 6.45) is 5.60. The molecule has 2 aliphatic heterocycles. The Morgan fingerprint density at radius 2 is 2.06 bits per heavy atom. The van der Waals surface area contributed by atoms with Crippen molar-refractivity contribution in [1.82, 2.24) is 15.2 Å². The minimum Gasteiger partial charge on any atom is -0.367 e. The van der Waals surface area contributed by atoms with Crippen molar-refractivity contribution < 1.29 is 19.1 Å². The zero-order chi connectivity index (χ0) is 23.9. The molecule has 0 spiro atoms. The van der Waals surface area contributed by atoms with E-state index in [2.05, 4.69) is 10.3 Å². The molecule has 2 aromatic heterocycles. The molecule has 3 atom stereocenters. The Balaban J connectivity index is 1.31. The van der Waals surface area contributed by atoms with Crippen LogP contribution in [0.15, 0.2) is 30.5 Å². The second kappa shape index (κ2) is 9.49. The summed E-state index contributed by atoms with van der Waals surface area (Å²) in [5.41, 5.74) is 1.11. The predicted molar refractivity (Wildman–Crippen MR) is 130 cm³/mol. The normalized spacial score (nSPS) is 26.4. The molecule has 4 heterocycles. The molecule has 3 fully saturated rings. The van der Waals surface area contributed by atoms with Crippen molar-refractivity contribution in [3.05, 3.63) is 41.0 Å². The zero-order valence-corrected chi connectivity index (χ0v) is 20.7. The number of aryl methyl sites for hydroxylation is 1. The van der Waals surface area contributed by atoms with Gasteiger partial charge in [0.15, 0.2) is 11.6 Å². The number of carbonyl (C=O) groups excluding carboxylic acids is 3. The molecule has 5 rings (SSSR count). The second-order valence-corrected chi connectivity index (χ2v) is 11.0. The van der Waals surface area contributed by atoms with Crippen LogP contribution in [0.2, 0.25) is 0 Å². The van der Waals surface area contributed by atoms with Crippen LogP contribution in [-0.2, 0) is 14.3 Å². The summed E-state index contributed by atoms with van der Waals surface area (Å²) in [4.78, 5) is 47.0. The van der Waals surface area contributed by atoms with E-state index < -0.39 is 11.6 Å². The van der Waals surface area contributed by atoms with Gasteiger partial charge in [0, 0.05) is 28.9 Å². The monoisotopic (exact) mass is 501 g/mol. The minimum absolute atomic E-state index is 0.00764. The highest BCUT2D eigenvalue weighted by Gasteiger charge is 2.58. The SMILES string of the molecule is Cc1ncccc1-c1ccc(C(=O)NCC(=O)C2(N3C[C@H](Cl)[C@H]4OCC(=O)[C@H]43)CCCCC2)s1. The van der Waals surface area contributed by atoms with Crippen LogP contribution in [0.25, 0.3) is 10.4 Å². The van der Waals surface area contributed by atoms with Crippen molar-refractivity contribution in [2.75, 3.05) is 19.7 Å². The Morgan fingerprint density at radius 3 is 2.82 bits per heavy atom. The molecule has 7 nitrogen and oxygen atoms in total. The van der Waals surface area contributed by atoms with Crippen molar-refractivity contribution in [3.63, 3.8) is 0 Å². The van der Waals surface area contributed by atoms with Gasteiger partial charge in [-0.3, -0.25) is 24.3 Å². The van der Waals surface area contributed by atoms with Crippen LogP contribution in [0.3, 0.4) is 0 Å². The van der Waals surface area contributed by atoms with E-state index in [1.165, 1.54) is 11.3 Å². The molecular formula is C25H28ClN3O4S. The van der Waals surface area contributed by atoms with Gasteiger partial charge in [-0.1, -0.05) is 25.3 Å². The number of ketones is 2. The number of Topliss-reactive ketones (excluding diaryl/α,β-unsaturated/α-hetero) is 2. The molecule has 2 aromatic rings. The Morgan fingerprint density at radius 1 is 1.26 bits per heavy atom. The summed E-state index contributed by atoms with van der Waals surface area (Å²) in [6.45, 7) is 2.35. The number of likely N-dealkylation sites (tertiary alicyclic amines) is 1. The number of thiophene rings is 1. The molecule has 2 saturated heterocycles. The van der Waals surface area contributed by atoms with E-state index in [4.69, 9.17) is 16.3 Å². The number of ether oxygens (including phenoxy) is 1. The number of halogens is 1. The highest BCUT2D eigenvalue weighted by atomic mass is 35.5. The third-order valence-corrected chi connectivity index (χ3v) is 8.89. The maximum absolute atomic E-state index is 13.7. The summed E-state index contributed by atoms with van der Waals surface area (Å²) < 4.78 is 5.64. The largest absolute Gasteiger partial charge is 0.367 e. The van der Waals surface area contributed by atoms with Gasteiger partial charge in [-0.15, -0.1) is 22.9 Å². The average Bonchev–Trinajstić information content (AvgIpc) is 3.56. The minimum atomic E-state index is -0.783. The Bertz CT molecular complexity index is 1110. The average molecular weight is 502 g/mol. The fraction of sp³-hybridized carbons (Fsp3) is 0.520. The smallest absolute Gasteiger partial charge is 0.261 e. The maximum atomic E-state index is 13.7. The number of hydrogen-bond donors (Lipinski definition) is 1. The van der Waals surface area contributed by atoms with E-state index in [0.29, 0.717) is 24.3 Å². The lowest BCUT2D eigenvalue weighted by atomic mass is 9.76. The molecule has 1 aliphatic carbocycles. The molecule has 1 N–H and O–H groups in total. The van der Waals surface area contributed by atoms with Crippen molar-refractivity contribution in [2.24, 2.45) is 0 Å². The lowest BCUT2D eigenvalue weighted by Crippen LogP contribution is -2.61. The molecular weight excluding hydrogens is 474 g/mol. The topological polar surface area (TPSA) is 88.6 Å². The Hall–Kier alpha value is -2.13. The molecule has 1 amide bonds. The zero-order valence-electron chi connectivity index (χ0n) is 19.1. The molecule has 0 bridgehead atoms. The molecule has 1 saturated carbocycles. The molecule has 9 heteroatoms. The third-order valence-electron chi connectivity index (χ3n) is 7.38. The highest BCUT2D eigenvalue weighted by molar-refractivity contribution is 7.17. The fourth-order valence-corrected chi connectivity index (χ4v) is 7.02. The number of rotatable bonds is 6. The predicted octanol–water partition coefficient (Wildman–Crippen LogP) is 3.38. The van der Waals surface area contributed by atoms with E-state index >= 15 is 0 Å². The molecule has 3 aliphatic rings. The van der Waals surface area contributed by atoms with Crippen LogP contribution in [0, 0.1) is 6.92 Å². The van der Waals surface area contributed by atoms with Gasteiger partial charge in [-0.25, -0.2) is 0 Å². The van der Waals surface area contributed by atoms with Gasteiger partial charge in [0.25, 0.3) is 5.91 Å². The summed E-state index contributed by atoms with van der Waals surface area (Å²) in [7, 11) is 0. The van der Waals surface area contributed by atoms with Crippen LogP contribution in [-0.4, -0.2) is 70.1 Å². The van der Waals surface area contributed by atoms with E-state index in [9.17, 15) is 14.4 Å². The van der Waals surface area contributed by atoms with E-state index in [1.807, 2.05) is 30.0 Å². The van der Waals surface area contributed by atoms with E-state index in [0.717, 1.165) is 35.4 Å². The molecule has 0 unspecified atom stereocenters. The number of amides is 1. The lowest BCUT2D eigenvalue weighted by Gasteiger charge is -2.45. The maximum Gasteiger partial charge on any atom is 0.261 e. The standard InChI is InChI=1S/C25H28ClN3O4S/c1-15-16(6-5-11-27-15)19-7-8-20(34-19)24(32)28-12-21(31)25(9-3-2-4-10-25)29-13-17(26)23-22(29)18(30)14-33-23/h5-8,11,17,22-23H,2-4,9-10,12-14H2,1H3,(H,28,32)/t17-,22+,23+/m0/s1. The van der Waals surface area contributed by atoms with Crippen molar-refractivity contribution in [2.45, 2.75) is 62.1 Å². The van der Waals surface area contributed by atoms with Gasteiger partial charge in [-0.05, 0) is 38.0 Å². The van der Waals surface area contributed by atoms with Crippen molar-refractivity contribution in [1.29, 1.82) is 0 Å². The van der Waals surface area contributed by atoms with Crippen LogP contribution in [0.4, 0.5) is 0 Å². The molecule has 0 radical (unpaired) electrons. The van der Waals surface area contributed by atoms with E-state index in [1.54, 1.807) is 12.3 Å². The molecule has 180 valence electrons. The lowest BCUT2D eigenvalue weighted by molar-refractivity contribution is -0.136. The fourth-order valence-electron chi connectivity index (χ4n) is 5.66. The summed E-state index contributed by atoms with van der Waals surface area (Å²) in [5, 5.41) is 2.52. The number of nitrogens with zero attached hydrogens (tertiary/aromatic N) is 2. The Kier molecular flexibility index (Phi) is 6.59. The van der Waals surface area contributed by atoms with Gasteiger partial charge < -0.3 is 10.1 Å². The Labute approximate surface area is 207 Å². The second-order valence-electron chi connectivity index (χ2n) is 9.35. The first kappa shape index (κ1) is 23.6. The summed E-state index contributed by atoms with van der Waals surface area (Å²) in [5.74, 6) is -0.330. The first-order chi connectivity index (χ1) is 16.4. The number of hydrogen-bond acceptors (Lipinski definition) is 7. The van der Waals surface area contributed by atoms with Gasteiger partial charge in [0.2, 0.25) is 0 Å². The molecule has 0 aromatic carbocycles. The van der Waals surface area contributed by atoms with Crippen LogP contribution < -0.4 is 5.32 Å². The number of alkyl halides is 1. The third kappa shape index (κ3) is 4.11. The van der Waals surface area contributed by atoms with Gasteiger partial charge in [-0.2, -0.15) is 0 Å². The van der Waals surface area contributed by atoms with Gasteiger partial charge >= 0.3 is 0 Å². The van der Waals surface area contributed by atoms with Crippen LogP contribution in [0.5, 0.6) is 0 Å². The molecule has 34 heavy (non-hydrogen) atoms. The van der Waals surface area contributed by atoms with Gasteiger partial charge in [0.1, 0.15) is 12.6 Å². The number of aromatic nitrogens is 1.